The Labute approximate surface area is 304 Å². The zero-order valence-corrected chi connectivity index (χ0v) is 34.6. The average molecular weight is 828 g/mol. The van der Waals surface area contributed by atoms with E-state index in [1.165, 1.54) is 33.5 Å². The molecule has 0 fully saturated rings. The molecule has 3 aromatic carbocycles. The van der Waals surface area contributed by atoms with Crippen molar-refractivity contribution in [1.29, 1.82) is 0 Å². The number of hydrogen-bond acceptors (Lipinski definition) is 4. The third kappa shape index (κ3) is 9.42. The van der Waals surface area contributed by atoms with Gasteiger partial charge in [0.25, 0.3) is 0 Å². The van der Waals surface area contributed by atoms with E-state index in [4.69, 9.17) is 9.97 Å². The maximum atomic E-state index is 11.9. The Morgan fingerprint density at radius 2 is 1.48 bits per heavy atom. The number of ketones is 1. The molecule has 0 bridgehead atoms. The van der Waals surface area contributed by atoms with Crippen LogP contribution in [0.25, 0.3) is 32.9 Å². The van der Waals surface area contributed by atoms with Crippen LogP contribution in [0.1, 0.15) is 143 Å². The van der Waals surface area contributed by atoms with Gasteiger partial charge in [-0.1, -0.05) is 121 Å². The van der Waals surface area contributed by atoms with Crippen molar-refractivity contribution < 1.29 is 30.0 Å². The van der Waals surface area contributed by atoms with Gasteiger partial charge in [-0.05, 0) is 64.6 Å². The average Bonchev–Trinajstić information content (AvgIpc) is 2.98. The van der Waals surface area contributed by atoms with Crippen molar-refractivity contribution >= 4 is 27.5 Å². The first-order valence-corrected chi connectivity index (χ1v) is 17.4. The number of hydrogen-bond donors (Lipinski definition) is 1. The van der Waals surface area contributed by atoms with Crippen LogP contribution in [0.4, 0.5) is 0 Å². The first-order valence-electron chi connectivity index (χ1n) is 17.4. The molecule has 1 aromatic heterocycles. The number of aryl methyl sites for hydroxylation is 2. The normalized spacial score (nSPS) is 12.7. The van der Waals surface area contributed by atoms with Gasteiger partial charge in [0.15, 0.2) is 5.78 Å². The largest absolute Gasteiger partial charge is 0.512 e. The van der Waals surface area contributed by atoms with Gasteiger partial charge < -0.3 is 5.11 Å². The fraction of sp³-hybridized carbons (Fsp3) is 0.512. The molecule has 5 heteroatoms. The van der Waals surface area contributed by atoms with Gasteiger partial charge >= 0.3 is 0 Å². The van der Waals surface area contributed by atoms with E-state index in [0.29, 0.717) is 11.8 Å². The van der Waals surface area contributed by atoms with Crippen LogP contribution in [0.2, 0.25) is 0 Å². The summed E-state index contributed by atoms with van der Waals surface area (Å²) in [5.74, 6) is 1.90. The van der Waals surface area contributed by atoms with E-state index in [2.05, 4.69) is 97.9 Å². The molecular weight excluding hydrogens is 769 g/mol. The second-order valence-corrected chi connectivity index (χ2v) is 16.2. The molecule has 48 heavy (non-hydrogen) atoms. The number of carbonyl (C=O) groups is 1. The molecule has 4 rings (SSSR count). The fourth-order valence-electron chi connectivity index (χ4n) is 5.60. The Bertz CT molecular complexity index is 1780. The van der Waals surface area contributed by atoms with Crippen LogP contribution in [0, 0.1) is 30.7 Å². The number of benzene rings is 3. The van der Waals surface area contributed by atoms with Gasteiger partial charge in [-0.2, -0.15) is 0 Å². The number of rotatable bonds is 7. The first-order chi connectivity index (χ1) is 21.6. The maximum Gasteiger partial charge on any atom is 0.164 e. The second-order valence-electron chi connectivity index (χ2n) is 16.2. The smallest absolute Gasteiger partial charge is 0.164 e. The molecule has 0 unspecified atom stereocenters. The standard InChI is InChI=1S/C30H35N2.C13H24O2.Ir/c1-17(2)22-14-21-10-11-25-28(23-12-19(5)13-24(15-23)30(7,8)9)31-20(6)32-29(25)27(21)26(16-22)18(3)4;1-7-13(6,8-2)11(15)9-10(14)12(3,4)5;/h10-11,13-18H,1-9H3;9,14H,7-8H2,1-6H3;/q-1;;/b;10-9-;. The Balaban J connectivity index is 0.000000427. The van der Waals surface area contributed by atoms with Crippen LogP contribution in [-0.2, 0) is 30.3 Å². The summed E-state index contributed by atoms with van der Waals surface area (Å²) in [4.78, 5) is 21.8. The second kappa shape index (κ2) is 15.8. The molecule has 4 aromatic rings. The summed E-state index contributed by atoms with van der Waals surface area (Å²) in [7, 11) is 0. The van der Waals surface area contributed by atoms with Gasteiger partial charge in [-0.15, -0.1) is 34.9 Å². The van der Waals surface area contributed by atoms with Gasteiger partial charge in [0.2, 0.25) is 0 Å². The van der Waals surface area contributed by atoms with Crippen molar-refractivity contribution in [3.63, 3.8) is 0 Å². The van der Waals surface area contributed by atoms with E-state index in [9.17, 15) is 9.90 Å². The summed E-state index contributed by atoms with van der Waals surface area (Å²) in [6.45, 7) is 31.6. The Hall–Kier alpha value is -2.88. The molecule has 1 heterocycles. The van der Waals surface area contributed by atoms with E-state index < -0.39 is 0 Å². The van der Waals surface area contributed by atoms with Crippen LogP contribution in [0.3, 0.4) is 0 Å². The van der Waals surface area contributed by atoms with Gasteiger partial charge in [0, 0.05) is 42.4 Å². The van der Waals surface area contributed by atoms with E-state index in [-0.39, 0.29) is 47.9 Å². The quantitative estimate of drug-likeness (QED) is 0.0872. The van der Waals surface area contributed by atoms with E-state index >= 15 is 0 Å². The Morgan fingerprint density at radius 3 is 1.98 bits per heavy atom. The van der Waals surface area contributed by atoms with Gasteiger partial charge in [-0.25, -0.2) is 4.98 Å². The summed E-state index contributed by atoms with van der Waals surface area (Å²) in [5, 5.41) is 13.4. The number of aromatic nitrogens is 2. The van der Waals surface area contributed by atoms with Gasteiger partial charge in [0.1, 0.15) is 11.6 Å². The van der Waals surface area contributed by atoms with Gasteiger partial charge in [0.05, 0.1) is 5.52 Å². The van der Waals surface area contributed by atoms with Crippen molar-refractivity contribution in [3.8, 4) is 11.3 Å². The predicted octanol–water partition coefficient (Wildman–Crippen LogP) is 12.3. The number of aliphatic hydroxyl groups excluding tert-OH is 1. The number of aliphatic hydroxyl groups is 1. The number of nitrogens with zero attached hydrogens (tertiary/aromatic N) is 2. The molecule has 0 saturated carbocycles. The molecule has 4 nitrogen and oxygen atoms in total. The minimum absolute atomic E-state index is 0. The molecule has 0 aliphatic rings. The molecule has 0 amide bonds. The molecule has 1 radical (unpaired) electrons. The van der Waals surface area contributed by atoms with Crippen LogP contribution < -0.4 is 0 Å². The number of allylic oxidation sites excluding steroid dienone is 2. The third-order valence-corrected chi connectivity index (χ3v) is 9.55. The van der Waals surface area contributed by atoms with E-state index in [0.717, 1.165) is 46.4 Å². The summed E-state index contributed by atoms with van der Waals surface area (Å²) < 4.78 is 0. The van der Waals surface area contributed by atoms with Crippen molar-refractivity contribution in [2.24, 2.45) is 10.8 Å². The fourth-order valence-corrected chi connectivity index (χ4v) is 5.60. The van der Waals surface area contributed by atoms with Crippen molar-refractivity contribution in [2.75, 3.05) is 0 Å². The van der Waals surface area contributed by atoms with Crippen LogP contribution in [-0.4, -0.2) is 20.9 Å². The number of carbonyl (C=O) groups excluding carboxylic acids is 1. The zero-order valence-electron chi connectivity index (χ0n) is 32.2. The predicted molar refractivity (Wildman–Crippen MR) is 202 cm³/mol. The molecule has 0 saturated heterocycles. The molecule has 263 valence electrons. The zero-order chi connectivity index (χ0) is 35.6. The van der Waals surface area contributed by atoms with Crippen LogP contribution in [0.5, 0.6) is 0 Å². The Morgan fingerprint density at radius 1 is 0.875 bits per heavy atom. The molecule has 0 atom stereocenters. The van der Waals surface area contributed by atoms with Crippen molar-refractivity contribution in [2.45, 2.75) is 134 Å². The summed E-state index contributed by atoms with van der Waals surface area (Å²) in [6.07, 6.45) is 3.00. The minimum atomic E-state index is -0.349. The topological polar surface area (TPSA) is 63.1 Å². The third-order valence-electron chi connectivity index (χ3n) is 9.55. The van der Waals surface area contributed by atoms with E-state index in [1.807, 2.05) is 48.5 Å². The number of fused-ring (bicyclic) bond motifs is 3. The Kier molecular flexibility index (Phi) is 13.6. The van der Waals surface area contributed by atoms with Crippen LogP contribution in [0.15, 0.2) is 48.2 Å². The molecule has 0 aliphatic carbocycles. The molecular formula is C43H59IrN2O2-. The summed E-state index contributed by atoms with van der Waals surface area (Å²) >= 11 is 0. The van der Waals surface area contributed by atoms with E-state index in [1.54, 1.807) is 0 Å². The molecule has 0 spiro atoms. The monoisotopic (exact) mass is 828 g/mol. The van der Waals surface area contributed by atoms with Gasteiger partial charge in [-0.3, -0.25) is 9.78 Å². The molecule has 1 N–H and O–H groups in total. The summed E-state index contributed by atoms with van der Waals surface area (Å²) in [5.41, 5.74) is 7.66. The van der Waals surface area contributed by atoms with Crippen molar-refractivity contribution in [3.05, 3.63) is 82.4 Å². The maximum absolute atomic E-state index is 11.9. The minimum Gasteiger partial charge on any atom is -0.512 e. The van der Waals surface area contributed by atoms with Crippen LogP contribution >= 0.6 is 0 Å². The van der Waals surface area contributed by atoms with Crippen molar-refractivity contribution in [1.82, 2.24) is 9.97 Å². The summed E-state index contributed by atoms with van der Waals surface area (Å²) in [6, 6.07) is 17.2. The molecule has 0 aliphatic heterocycles. The SMILES string of the molecule is CCC(C)(CC)C(=O)/C=C(\O)C(C)(C)C.Cc1[c-]c(-c2nc(C)nc3c2ccc2cc(C(C)C)cc(C(C)C)c23)cc(C(C)(C)C)c1.[Ir]. The first kappa shape index (κ1) is 41.3.